The predicted octanol–water partition coefficient (Wildman–Crippen LogP) is 7.95. The van der Waals surface area contributed by atoms with Crippen LogP contribution < -0.4 is 0 Å². The molecule has 3 heterocycles. The smallest absolute Gasteiger partial charge is 0.0459 e. The molecule has 0 saturated carbocycles. The second-order valence-electron chi connectivity index (χ2n) is 11.8. The summed E-state index contributed by atoms with van der Waals surface area (Å²) >= 11 is 0. The van der Waals surface area contributed by atoms with E-state index in [-0.39, 0.29) is 0 Å². The van der Waals surface area contributed by atoms with Gasteiger partial charge in [0.15, 0.2) is 0 Å². The van der Waals surface area contributed by atoms with Crippen LogP contribution in [0.15, 0.2) is 54.6 Å². The van der Waals surface area contributed by atoms with Crippen LogP contribution in [0.3, 0.4) is 0 Å². The predicted molar refractivity (Wildman–Crippen MR) is 160 cm³/mol. The Hall–Kier alpha value is -2.10. The normalized spacial score (nSPS) is 20.1. The lowest BCUT2D eigenvalue weighted by molar-refractivity contribution is 0.101. The maximum Gasteiger partial charge on any atom is 0.0459 e. The number of aromatic amines is 1. The summed E-state index contributed by atoms with van der Waals surface area (Å²) in [5.41, 5.74) is 5.80. The molecule has 1 aromatic heterocycles. The van der Waals surface area contributed by atoms with Crippen molar-refractivity contribution < 1.29 is 0 Å². The average molecular weight is 502 g/mol. The molecule has 5 rings (SSSR count). The molecular formula is C34H51N3. The van der Waals surface area contributed by atoms with Crippen molar-refractivity contribution >= 4 is 10.9 Å². The molecule has 0 radical (unpaired) electrons. The molecule has 1 saturated heterocycles. The van der Waals surface area contributed by atoms with Gasteiger partial charge in [-0.15, -0.1) is 0 Å². The monoisotopic (exact) mass is 501 g/mol. The molecule has 0 aliphatic carbocycles. The molecular weight excluding hydrogens is 450 g/mol. The number of nitrogens with one attached hydrogen (secondary N) is 1. The van der Waals surface area contributed by atoms with Gasteiger partial charge in [-0.05, 0) is 80.6 Å². The Morgan fingerprint density at radius 3 is 2.35 bits per heavy atom. The van der Waals surface area contributed by atoms with Crippen LogP contribution in [0.5, 0.6) is 0 Å². The van der Waals surface area contributed by atoms with Crippen molar-refractivity contribution in [2.45, 2.75) is 85.7 Å². The summed E-state index contributed by atoms with van der Waals surface area (Å²) in [5.74, 6) is 2.63. The fourth-order valence-electron chi connectivity index (χ4n) is 6.51. The maximum absolute atomic E-state index is 3.66. The summed E-state index contributed by atoms with van der Waals surface area (Å²) in [6.07, 6.45) is 7.69. The van der Waals surface area contributed by atoms with Crippen LogP contribution >= 0.6 is 0 Å². The van der Waals surface area contributed by atoms with Gasteiger partial charge in [0.25, 0.3) is 0 Å². The standard InChI is InChI=1S/C21H32N2.C13H19N/c1-5-15(3)17(6-2)11-12-23-14-21-19(13-16(23)4)18-9-7-8-10-20(18)22-21;1-2-8-14-10-13(11-14)9-12-6-4-3-5-7-12/h7-10,15-17,22H,5-6,11-14H2,1-4H3;3-7,13H,2,8-11H2,1H3. The Bertz CT molecular complexity index is 1070. The van der Waals surface area contributed by atoms with Gasteiger partial charge >= 0.3 is 0 Å². The summed E-state index contributed by atoms with van der Waals surface area (Å²) in [6.45, 7) is 18.0. The van der Waals surface area contributed by atoms with Crippen LogP contribution in [-0.2, 0) is 19.4 Å². The quantitative estimate of drug-likeness (QED) is 0.304. The van der Waals surface area contributed by atoms with Crippen LogP contribution in [0.2, 0.25) is 0 Å². The van der Waals surface area contributed by atoms with Gasteiger partial charge < -0.3 is 9.88 Å². The minimum atomic E-state index is 0.649. The lowest BCUT2D eigenvalue weighted by Gasteiger charge is -2.39. The third-order valence-corrected chi connectivity index (χ3v) is 9.09. The molecule has 2 aromatic carbocycles. The van der Waals surface area contributed by atoms with Gasteiger partial charge in [0.2, 0.25) is 0 Å². The van der Waals surface area contributed by atoms with Crippen LogP contribution in [0.25, 0.3) is 10.9 Å². The molecule has 1 fully saturated rings. The van der Waals surface area contributed by atoms with Gasteiger partial charge in [-0.25, -0.2) is 0 Å². The van der Waals surface area contributed by atoms with Crippen molar-refractivity contribution in [3.63, 3.8) is 0 Å². The summed E-state index contributed by atoms with van der Waals surface area (Å²) in [5, 5.41) is 1.43. The Balaban J connectivity index is 0.000000195. The number of H-pyrrole nitrogens is 1. The van der Waals surface area contributed by atoms with E-state index < -0.39 is 0 Å². The fourth-order valence-corrected chi connectivity index (χ4v) is 6.51. The lowest BCUT2D eigenvalue weighted by atomic mass is 9.86. The number of likely N-dealkylation sites (tertiary alicyclic amines) is 1. The van der Waals surface area contributed by atoms with E-state index in [1.165, 1.54) is 86.9 Å². The topological polar surface area (TPSA) is 22.3 Å². The maximum atomic E-state index is 3.66. The molecule has 3 unspecified atom stereocenters. The lowest BCUT2D eigenvalue weighted by Crippen LogP contribution is -2.47. The third kappa shape index (κ3) is 7.27. The van der Waals surface area contributed by atoms with E-state index in [0.29, 0.717) is 6.04 Å². The first-order valence-electron chi connectivity index (χ1n) is 15.1. The average Bonchev–Trinajstić information content (AvgIpc) is 3.26. The van der Waals surface area contributed by atoms with Crippen molar-refractivity contribution in [3.8, 4) is 0 Å². The van der Waals surface area contributed by atoms with Crippen molar-refractivity contribution in [2.75, 3.05) is 26.2 Å². The van der Waals surface area contributed by atoms with E-state index in [1.807, 2.05) is 0 Å². The number of para-hydroxylation sites is 1. The first kappa shape index (κ1) is 27.9. The fraction of sp³-hybridized carbons (Fsp3) is 0.588. The molecule has 0 amide bonds. The second kappa shape index (κ2) is 13.6. The van der Waals surface area contributed by atoms with Gasteiger partial charge in [0, 0.05) is 42.3 Å². The van der Waals surface area contributed by atoms with Crippen LogP contribution in [0, 0.1) is 17.8 Å². The number of aromatic nitrogens is 1. The van der Waals surface area contributed by atoms with E-state index in [9.17, 15) is 0 Å². The van der Waals surface area contributed by atoms with Gasteiger partial charge in [0.1, 0.15) is 0 Å². The van der Waals surface area contributed by atoms with Crippen LogP contribution in [-0.4, -0.2) is 47.0 Å². The molecule has 202 valence electrons. The molecule has 3 atom stereocenters. The molecule has 2 aliphatic heterocycles. The largest absolute Gasteiger partial charge is 0.357 e. The molecule has 3 aromatic rings. The van der Waals surface area contributed by atoms with E-state index in [2.05, 4.69) is 104 Å². The zero-order valence-electron chi connectivity index (χ0n) is 24.2. The van der Waals surface area contributed by atoms with Gasteiger partial charge in [-0.1, -0.05) is 89.1 Å². The molecule has 2 aliphatic rings. The SMILES string of the molecule is CCC(C)C(CC)CCN1Cc2[nH]c3ccccc3c2CC1C.CCCN1CC(Cc2ccccc2)C1. The van der Waals surface area contributed by atoms with Crippen molar-refractivity contribution in [1.82, 2.24) is 14.8 Å². The van der Waals surface area contributed by atoms with E-state index in [4.69, 9.17) is 0 Å². The van der Waals surface area contributed by atoms with Crippen molar-refractivity contribution in [1.29, 1.82) is 0 Å². The summed E-state index contributed by atoms with van der Waals surface area (Å²) < 4.78 is 0. The zero-order valence-corrected chi connectivity index (χ0v) is 24.2. The number of nitrogens with zero attached hydrogens (tertiary/aromatic N) is 2. The number of fused-ring (bicyclic) bond motifs is 3. The summed E-state index contributed by atoms with van der Waals surface area (Å²) in [4.78, 5) is 8.89. The van der Waals surface area contributed by atoms with Crippen LogP contribution in [0.4, 0.5) is 0 Å². The summed E-state index contributed by atoms with van der Waals surface area (Å²) in [6, 6.07) is 20.3. The molecule has 37 heavy (non-hydrogen) atoms. The third-order valence-electron chi connectivity index (χ3n) is 9.09. The van der Waals surface area contributed by atoms with Gasteiger partial charge in [-0.3, -0.25) is 4.90 Å². The highest BCUT2D eigenvalue weighted by Gasteiger charge is 2.27. The van der Waals surface area contributed by atoms with E-state index in [0.717, 1.165) is 24.3 Å². The number of hydrogen-bond donors (Lipinski definition) is 1. The summed E-state index contributed by atoms with van der Waals surface area (Å²) in [7, 11) is 0. The molecule has 0 bridgehead atoms. The van der Waals surface area contributed by atoms with Crippen molar-refractivity contribution in [2.24, 2.45) is 17.8 Å². The van der Waals surface area contributed by atoms with E-state index >= 15 is 0 Å². The second-order valence-corrected chi connectivity index (χ2v) is 11.8. The molecule has 3 nitrogen and oxygen atoms in total. The number of rotatable bonds is 10. The number of hydrogen-bond acceptors (Lipinski definition) is 2. The first-order valence-corrected chi connectivity index (χ1v) is 15.1. The Morgan fingerprint density at radius 2 is 1.65 bits per heavy atom. The van der Waals surface area contributed by atoms with Gasteiger partial charge in [0.05, 0.1) is 0 Å². The zero-order chi connectivity index (χ0) is 26.2. The minimum Gasteiger partial charge on any atom is -0.357 e. The minimum absolute atomic E-state index is 0.649. The molecule has 1 N–H and O–H groups in total. The van der Waals surface area contributed by atoms with Crippen LogP contribution in [0.1, 0.15) is 77.1 Å². The van der Waals surface area contributed by atoms with Gasteiger partial charge in [-0.2, -0.15) is 0 Å². The first-order chi connectivity index (χ1) is 18.0. The van der Waals surface area contributed by atoms with E-state index in [1.54, 1.807) is 5.56 Å². The Morgan fingerprint density at radius 1 is 0.919 bits per heavy atom. The Labute approximate surface area is 226 Å². The Kier molecular flexibility index (Phi) is 10.3. The highest BCUT2D eigenvalue weighted by molar-refractivity contribution is 5.84. The van der Waals surface area contributed by atoms with Crippen molar-refractivity contribution in [3.05, 3.63) is 71.4 Å². The highest BCUT2D eigenvalue weighted by atomic mass is 15.2. The molecule has 0 spiro atoms. The highest BCUT2D eigenvalue weighted by Crippen LogP contribution is 2.31. The molecule has 3 heteroatoms. The number of benzene rings is 2.